The number of hydrogen-bond acceptors (Lipinski definition) is 7. The third kappa shape index (κ3) is 4.14. The molecule has 0 saturated heterocycles. The molecule has 0 saturated carbocycles. The van der Waals surface area contributed by atoms with Gasteiger partial charge < -0.3 is 15.0 Å². The zero-order valence-corrected chi connectivity index (χ0v) is 17.5. The second-order valence-electron chi connectivity index (χ2n) is 6.41. The summed E-state index contributed by atoms with van der Waals surface area (Å²) in [7, 11) is -4.65. The molecule has 0 aliphatic carbocycles. The van der Waals surface area contributed by atoms with Crippen LogP contribution in [0, 0.1) is 0 Å². The van der Waals surface area contributed by atoms with Crippen LogP contribution in [0.4, 0.5) is 11.4 Å². The quantitative estimate of drug-likeness (QED) is 0.273. The molecule has 1 N–H and O–H groups in total. The molecule has 8 nitrogen and oxygen atoms in total. The Bertz CT molecular complexity index is 1470. The van der Waals surface area contributed by atoms with Crippen LogP contribution in [-0.4, -0.2) is 18.9 Å². The molecule has 31 heavy (non-hydrogen) atoms. The minimum absolute atomic E-state index is 0. The van der Waals surface area contributed by atoms with Gasteiger partial charge in [-0.1, -0.05) is 66.4 Å². The minimum Gasteiger partial charge on any atom is -0.871 e. The molecule has 4 aromatic rings. The molecule has 0 aliphatic heterocycles. The number of nitrogens with zero attached hydrogens (tertiary/aromatic N) is 2. The average Bonchev–Trinajstić information content (AvgIpc) is 2.71. The SMILES string of the molecule is O=C([O-])c1cc([O-])c(N=Nc2ccc3ccccc3c2S(=O)(=O)O)c2ccccc12.[Mn+2]. The van der Waals surface area contributed by atoms with Crippen molar-refractivity contribution in [2.24, 2.45) is 10.2 Å². The van der Waals surface area contributed by atoms with Gasteiger partial charge in [0, 0.05) is 16.3 Å². The number of rotatable bonds is 4. The smallest absolute Gasteiger partial charge is 0.871 e. The van der Waals surface area contributed by atoms with E-state index < -0.39 is 26.7 Å². The molecule has 0 amide bonds. The van der Waals surface area contributed by atoms with E-state index in [1.54, 1.807) is 36.4 Å². The van der Waals surface area contributed by atoms with Crippen molar-refractivity contribution < 1.29 is 45.0 Å². The Balaban J connectivity index is 0.00000272. The van der Waals surface area contributed by atoms with E-state index >= 15 is 0 Å². The topological polar surface area (TPSA) is 142 Å². The number of carboxylic acid groups (broad SMARTS) is 1. The fraction of sp³-hybridized carbons (Fsp3) is 0. The van der Waals surface area contributed by atoms with E-state index in [-0.39, 0.29) is 50.2 Å². The summed E-state index contributed by atoms with van der Waals surface area (Å²) in [4.78, 5) is 10.9. The predicted octanol–water partition coefficient (Wildman–Crippen LogP) is 3.09. The summed E-state index contributed by atoms with van der Waals surface area (Å²) in [6, 6.07) is 16.6. The normalized spacial score (nSPS) is 11.6. The standard InChI is InChI=1S/C21H14N2O6S.Mn/c24-18-11-16(21(25)26)14-7-3-4-8-15(14)19(18)23-22-17-10-9-12-5-1-2-6-13(12)20(17)30(27,28)29;/h1-11,24H,(H,25,26)(H,27,28,29);/q;+2/p-2. The van der Waals surface area contributed by atoms with Gasteiger partial charge in [-0.2, -0.15) is 13.5 Å². The molecule has 0 bridgehead atoms. The third-order valence-electron chi connectivity index (χ3n) is 4.58. The largest absolute Gasteiger partial charge is 2.00 e. The van der Waals surface area contributed by atoms with Gasteiger partial charge in [0.25, 0.3) is 10.1 Å². The Morgan fingerprint density at radius 3 is 2.13 bits per heavy atom. The second kappa shape index (κ2) is 8.44. The first-order chi connectivity index (χ1) is 14.3. The number of carbonyl (C=O) groups excluding carboxylic acids is 1. The summed E-state index contributed by atoms with van der Waals surface area (Å²) in [5, 5.41) is 32.9. The van der Waals surface area contributed by atoms with E-state index in [9.17, 15) is 28.0 Å². The molecule has 0 aromatic heterocycles. The van der Waals surface area contributed by atoms with Crippen LogP contribution in [0.3, 0.4) is 0 Å². The van der Waals surface area contributed by atoms with Crippen LogP contribution in [-0.2, 0) is 27.2 Å². The molecule has 0 aliphatic rings. The van der Waals surface area contributed by atoms with Gasteiger partial charge in [-0.05, 0) is 16.8 Å². The van der Waals surface area contributed by atoms with Crippen molar-refractivity contribution in [3.05, 3.63) is 72.3 Å². The van der Waals surface area contributed by atoms with Gasteiger partial charge in [-0.25, -0.2) is 0 Å². The number of azo groups is 1. The first-order valence-corrected chi connectivity index (χ1v) is 10.1. The van der Waals surface area contributed by atoms with Crippen molar-refractivity contribution in [3.8, 4) is 5.75 Å². The molecular formula is C21H12MnN2O6S. The minimum atomic E-state index is -4.65. The van der Waals surface area contributed by atoms with Gasteiger partial charge in [-0.3, -0.25) is 4.55 Å². The van der Waals surface area contributed by atoms with Crippen LogP contribution in [0.1, 0.15) is 10.4 Å². The van der Waals surface area contributed by atoms with Gasteiger partial charge in [0.2, 0.25) is 0 Å². The monoisotopic (exact) mass is 475 g/mol. The van der Waals surface area contributed by atoms with Crippen molar-refractivity contribution in [3.63, 3.8) is 0 Å². The second-order valence-corrected chi connectivity index (χ2v) is 7.77. The van der Waals surface area contributed by atoms with E-state index in [1.165, 1.54) is 24.3 Å². The predicted molar refractivity (Wildman–Crippen MR) is 106 cm³/mol. The Labute approximate surface area is 187 Å². The van der Waals surface area contributed by atoms with Crippen LogP contribution < -0.4 is 10.2 Å². The number of hydrogen-bond donors (Lipinski definition) is 1. The van der Waals surface area contributed by atoms with E-state index in [4.69, 9.17) is 0 Å². The van der Waals surface area contributed by atoms with Crippen LogP contribution >= 0.6 is 0 Å². The molecule has 0 unspecified atom stereocenters. The maximum absolute atomic E-state index is 12.5. The van der Waals surface area contributed by atoms with Crippen LogP contribution in [0.5, 0.6) is 5.75 Å². The molecule has 4 rings (SSSR count). The fourth-order valence-corrected chi connectivity index (χ4v) is 4.13. The number of carboxylic acids is 1. The third-order valence-corrected chi connectivity index (χ3v) is 5.52. The molecule has 0 spiro atoms. The van der Waals surface area contributed by atoms with E-state index in [2.05, 4.69) is 10.2 Å². The van der Waals surface area contributed by atoms with Gasteiger partial charge >= 0.3 is 17.1 Å². The van der Waals surface area contributed by atoms with Crippen molar-refractivity contribution >= 4 is 49.0 Å². The first-order valence-electron chi connectivity index (χ1n) is 8.62. The van der Waals surface area contributed by atoms with Crippen molar-refractivity contribution in [1.29, 1.82) is 0 Å². The maximum Gasteiger partial charge on any atom is 2.00 e. The number of benzene rings is 4. The average molecular weight is 475 g/mol. The van der Waals surface area contributed by atoms with E-state index in [1.807, 2.05) is 0 Å². The van der Waals surface area contributed by atoms with Gasteiger partial charge in [0.1, 0.15) is 10.6 Å². The zero-order chi connectivity index (χ0) is 21.5. The molecule has 0 heterocycles. The van der Waals surface area contributed by atoms with Crippen molar-refractivity contribution in [1.82, 2.24) is 0 Å². The van der Waals surface area contributed by atoms with Gasteiger partial charge in [0.05, 0.1) is 11.7 Å². The number of aromatic carboxylic acids is 1. The van der Waals surface area contributed by atoms with Gasteiger partial charge in [0.15, 0.2) is 0 Å². The van der Waals surface area contributed by atoms with Gasteiger partial charge in [-0.15, -0.1) is 5.11 Å². The van der Waals surface area contributed by atoms with E-state index in [0.29, 0.717) is 5.39 Å². The van der Waals surface area contributed by atoms with Crippen LogP contribution in [0.2, 0.25) is 0 Å². The molecule has 4 aromatic carbocycles. The molecule has 0 fully saturated rings. The molecular weight excluding hydrogens is 463 g/mol. The summed E-state index contributed by atoms with van der Waals surface area (Å²) in [6.45, 7) is 0. The van der Waals surface area contributed by atoms with Crippen molar-refractivity contribution in [2.75, 3.05) is 0 Å². The van der Waals surface area contributed by atoms with Crippen molar-refractivity contribution in [2.45, 2.75) is 4.90 Å². The number of fused-ring (bicyclic) bond motifs is 2. The molecule has 0 atom stereocenters. The number of carbonyl (C=O) groups is 1. The first kappa shape index (κ1) is 22.4. The summed E-state index contributed by atoms with van der Waals surface area (Å²) < 4.78 is 33.7. The summed E-state index contributed by atoms with van der Waals surface area (Å²) in [5.74, 6) is -2.22. The fourth-order valence-electron chi connectivity index (χ4n) is 3.29. The Morgan fingerprint density at radius 1 is 0.871 bits per heavy atom. The Morgan fingerprint density at radius 2 is 1.48 bits per heavy atom. The Hall–Kier alpha value is -3.30. The summed E-state index contributed by atoms with van der Waals surface area (Å²) in [5.41, 5.74) is -0.604. The zero-order valence-electron chi connectivity index (χ0n) is 15.5. The van der Waals surface area contributed by atoms with Crippen LogP contribution in [0.25, 0.3) is 21.5 Å². The van der Waals surface area contributed by atoms with E-state index in [0.717, 1.165) is 6.07 Å². The molecule has 10 heteroatoms. The summed E-state index contributed by atoms with van der Waals surface area (Å²) in [6.07, 6.45) is 0. The maximum atomic E-state index is 12.5. The van der Waals surface area contributed by atoms with Crippen LogP contribution in [0.15, 0.2) is 81.9 Å². The Kier molecular flexibility index (Phi) is 6.10. The summed E-state index contributed by atoms with van der Waals surface area (Å²) >= 11 is 0. The molecule has 155 valence electrons. The molecule has 1 radical (unpaired) electrons.